The summed E-state index contributed by atoms with van der Waals surface area (Å²) in [6.07, 6.45) is 2.02. The van der Waals surface area contributed by atoms with Crippen LogP contribution >= 0.6 is 0 Å². The summed E-state index contributed by atoms with van der Waals surface area (Å²) in [6.45, 7) is 4.77. The number of hydrogen-bond acceptors (Lipinski definition) is 6. The molecule has 0 rings (SSSR count). The minimum atomic E-state index is -1.000. The molecule has 1 atom stereocenters. The minimum absolute atomic E-state index is 0.0810. The first-order valence-electron chi connectivity index (χ1n) is 5.65. The molecule has 0 fully saturated rings. The predicted molar refractivity (Wildman–Crippen MR) is 74.5 cm³/mol. The maximum atomic E-state index is 9.65. The Labute approximate surface area is 118 Å². The van der Waals surface area contributed by atoms with Gasteiger partial charge in [0.25, 0.3) is 0 Å². The highest BCUT2D eigenvalue weighted by molar-refractivity contribution is 5.80. The molecule has 8 heteroatoms. The van der Waals surface area contributed by atoms with Crippen molar-refractivity contribution >= 4 is 11.9 Å². The lowest BCUT2D eigenvalue weighted by atomic mass is 10.3. The topological polar surface area (TPSA) is 167 Å². The molecule has 0 heterocycles. The van der Waals surface area contributed by atoms with Gasteiger partial charge in [-0.3, -0.25) is 0 Å². The molecule has 0 bridgehead atoms. The van der Waals surface area contributed by atoms with Gasteiger partial charge in [-0.1, -0.05) is 0 Å². The number of allylic oxidation sites excluding steroid dienone is 2. The van der Waals surface area contributed by atoms with Crippen molar-refractivity contribution in [2.24, 2.45) is 11.5 Å². The van der Waals surface area contributed by atoms with Crippen LogP contribution < -0.4 is 11.5 Å². The lowest BCUT2D eigenvalue weighted by Crippen LogP contribution is -2.00. The lowest BCUT2D eigenvalue weighted by Gasteiger charge is -1.95. The maximum absolute atomic E-state index is 9.65. The molecule has 0 aliphatic carbocycles. The molecule has 0 aliphatic rings. The molecule has 0 aromatic carbocycles. The number of aliphatic hydroxyl groups is 2. The van der Waals surface area contributed by atoms with Crippen molar-refractivity contribution in [3.8, 4) is 0 Å². The van der Waals surface area contributed by atoms with E-state index in [4.69, 9.17) is 31.9 Å². The predicted octanol–water partition coefficient (Wildman–Crippen LogP) is -0.383. The van der Waals surface area contributed by atoms with Gasteiger partial charge in [0.05, 0.1) is 6.10 Å². The second-order valence-corrected chi connectivity index (χ2v) is 3.81. The first-order valence-corrected chi connectivity index (χ1v) is 5.65. The molecule has 1 unspecified atom stereocenters. The Bertz CT molecular complexity index is 301. The second kappa shape index (κ2) is 15.0. The number of hydrogen-bond donors (Lipinski definition) is 6. The van der Waals surface area contributed by atoms with Crippen LogP contribution in [0.4, 0.5) is 0 Å². The fourth-order valence-corrected chi connectivity index (χ4v) is 0.576. The van der Waals surface area contributed by atoms with E-state index < -0.39 is 11.9 Å². The summed E-state index contributed by atoms with van der Waals surface area (Å²) in [7, 11) is 0. The average molecular weight is 292 g/mol. The Morgan fingerprint density at radius 1 is 1.05 bits per heavy atom. The number of aliphatic hydroxyl groups excluding tert-OH is 2. The van der Waals surface area contributed by atoms with Crippen LogP contribution in [0.5, 0.6) is 0 Å². The van der Waals surface area contributed by atoms with Crippen molar-refractivity contribution in [2.45, 2.75) is 33.3 Å². The molecule has 0 aromatic rings. The number of carboxylic acids is 2. The molecular weight excluding hydrogens is 268 g/mol. The molecule has 0 spiro atoms. The van der Waals surface area contributed by atoms with Crippen molar-refractivity contribution in [1.29, 1.82) is 0 Å². The van der Waals surface area contributed by atoms with Gasteiger partial charge >= 0.3 is 11.9 Å². The van der Waals surface area contributed by atoms with Gasteiger partial charge < -0.3 is 31.9 Å². The first kappa shape index (κ1) is 23.1. The van der Waals surface area contributed by atoms with E-state index in [2.05, 4.69) is 0 Å². The largest absolute Gasteiger partial charge is 0.478 e. The lowest BCUT2D eigenvalue weighted by molar-refractivity contribution is -0.132. The summed E-state index contributed by atoms with van der Waals surface area (Å²) in [6, 6.07) is 0. The zero-order chi connectivity index (χ0) is 16.7. The fraction of sp³-hybridized carbons (Fsp3) is 0.500. The van der Waals surface area contributed by atoms with E-state index in [1.807, 2.05) is 0 Å². The van der Waals surface area contributed by atoms with E-state index in [1.54, 1.807) is 6.92 Å². The molecule has 0 amide bonds. The van der Waals surface area contributed by atoms with Gasteiger partial charge in [0, 0.05) is 30.2 Å². The molecule has 0 aliphatic heterocycles. The van der Waals surface area contributed by atoms with Crippen LogP contribution in [0.25, 0.3) is 0 Å². The third-order valence-electron chi connectivity index (χ3n) is 1.25. The van der Waals surface area contributed by atoms with Crippen LogP contribution in [-0.2, 0) is 9.59 Å². The number of aliphatic carboxylic acids is 2. The molecule has 8 N–H and O–H groups in total. The summed E-state index contributed by atoms with van der Waals surface area (Å²) >= 11 is 0. The Balaban J connectivity index is -0.000000218. The number of carbonyl (C=O) groups is 2. The van der Waals surface area contributed by atoms with Gasteiger partial charge in [0.1, 0.15) is 0 Å². The van der Waals surface area contributed by atoms with Gasteiger partial charge in [-0.2, -0.15) is 0 Å². The summed E-state index contributed by atoms with van der Waals surface area (Å²) < 4.78 is 0. The summed E-state index contributed by atoms with van der Waals surface area (Å²) in [5.41, 5.74) is 10.6. The van der Waals surface area contributed by atoms with Crippen LogP contribution in [0.2, 0.25) is 0 Å². The van der Waals surface area contributed by atoms with Crippen molar-refractivity contribution in [2.75, 3.05) is 6.61 Å². The summed E-state index contributed by atoms with van der Waals surface area (Å²) in [5, 5.41) is 32.3. The van der Waals surface area contributed by atoms with Gasteiger partial charge in [0.15, 0.2) is 0 Å². The third kappa shape index (κ3) is 44.5. The van der Waals surface area contributed by atoms with Crippen LogP contribution in [-0.4, -0.2) is 45.1 Å². The SMILES string of the molecule is CC(N)=CC(=O)O.CC(N)=CC(=O)O.CC(O)CCO. The average Bonchev–Trinajstić information content (AvgIpc) is 2.13. The van der Waals surface area contributed by atoms with Crippen molar-refractivity contribution in [3.05, 3.63) is 23.5 Å². The Hall–Kier alpha value is -2.06. The molecule has 0 saturated heterocycles. The maximum Gasteiger partial charge on any atom is 0.330 e. The van der Waals surface area contributed by atoms with Crippen LogP contribution in [0.3, 0.4) is 0 Å². The molecule has 118 valence electrons. The van der Waals surface area contributed by atoms with E-state index in [1.165, 1.54) is 13.8 Å². The zero-order valence-electron chi connectivity index (χ0n) is 11.9. The molecule has 8 nitrogen and oxygen atoms in total. The quantitative estimate of drug-likeness (QED) is 0.381. The van der Waals surface area contributed by atoms with Crippen molar-refractivity contribution in [1.82, 2.24) is 0 Å². The number of rotatable bonds is 4. The second-order valence-electron chi connectivity index (χ2n) is 3.81. The van der Waals surface area contributed by atoms with Gasteiger partial charge in [-0.25, -0.2) is 9.59 Å². The van der Waals surface area contributed by atoms with Crippen LogP contribution in [0, 0.1) is 0 Å². The molecule has 0 radical (unpaired) electrons. The van der Waals surface area contributed by atoms with E-state index in [0.29, 0.717) is 17.8 Å². The Morgan fingerprint density at radius 3 is 1.35 bits per heavy atom. The first-order chi connectivity index (χ1) is 9.02. The van der Waals surface area contributed by atoms with Gasteiger partial charge in [0.2, 0.25) is 0 Å². The minimum Gasteiger partial charge on any atom is -0.478 e. The number of carboxylic acid groups (broad SMARTS) is 2. The summed E-state index contributed by atoms with van der Waals surface area (Å²) in [4.78, 5) is 19.3. The van der Waals surface area contributed by atoms with E-state index in [0.717, 1.165) is 12.2 Å². The summed E-state index contributed by atoms with van der Waals surface area (Å²) in [5.74, 6) is -2.00. The molecule has 0 aromatic heterocycles. The van der Waals surface area contributed by atoms with E-state index in [-0.39, 0.29) is 12.7 Å². The van der Waals surface area contributed by atoms with Crippen molar-refractivity contribution < 1.29 is 30.0 Å². The number of nitrogens with two attached hydrogens (primary N) is 2. The smallest absolute Gasteiger partial charge is 0.330 e. The monoisotopic (exact) mass is 292 g/mol. The highest BCUT2D eigenvalue weighted by atomic mass is 16.4. The normalized spacial score (nSPS) is 12.2. The van der Waals surface area contributed by atoms with Crippen LogP contribution in [0.1, 0.15) is 27.2 Å². The Morgan fingerprint density at radius 2 is 1.35 bits per heavy atom. The van der Waals surface area contributed by atoms with E-state index >= 15 is 0 Å². The molecule has 20 heavy (non-hydrogen) atoms. The Kier molecular flexibility index (Phi) is 17.3. The van der Waals surface area contributed by atoms with Gasteiger partial charge in [-0.15, -0.1) is 0 Å². The highest BCUT2D eigenvalue weighted by Crippen LogP contribution is 1.83. The highest BCUT2D eigenvalue weighted by Gasteiger charge is 1.88. The van der Waals surface area contributed by atoms with E-state index in [9.17, 15) is 9.59 Å². The van der Waals surface area contributed by atoms with Crippen molar-refractivity contribution in [3.63, 3.8) is 0 Å². The standard InChI is InChI=1S/2C4H7NO2.C4H10O2/c2*1-3(5)2-4(6)7;1-4(6)2-3-5/h2*2H,5H2,1H3,(H,6,7);4-6H,2-3H2,1H3. The van der Waals surface area contributed by atoms with Crippen LogP contribution in [0.15, 0.2) is 23.5 Å². The molecule has 0 saturated carbocycles. The zero-order valence-corrected chi connectivity index (χ0v) is 11.9. The fourth-order valence-electron chi connectivity index (χ4n) is 0.576. The third-order valence-corrected chi connectivity index (χ3v) is 1.25. The van der Waals surface area contributed by atoms with Gasteiger partial charge in [-0.05, 0) is 27.2 Å². The molecular formula is C12H24N2O6.